The molecule has 0 N–H and O–H groups in total. The molecular weight excluding hydrogens is 448 g/mol. The minimum Gasteiger partial charge on any atom is -0.242 e. The minimum absolute atomic E-state index is 0.382. The van der Waals surface area contributed by atoms with E-state index in [-0.39, 0.29) is 0 Å². The highest BCUT2D eigenvalue weighted by atomic mass is 31.2. The summed E-state index contributed by atoms with van der Waals surface area (Å²) in [5.74, 6) is 0. The average Bonchev–Trinajstić information content (AvgIpc) is 2.90. The van der Waals surface area contributed by atoms with Crippen molar-refractivity contribution < 1.29 is 0 Å². The summed E-state index contributed by atoms with van der Waals surface area (Å²) in [6.45, 7) is 9.31. The molecule has 0 radical (unpaired) electrons. The Labute approximate surface area is 208 Å². The van der Waals surface area contributed by atoms with Gasteiger partial charge in [-0.1, -0.05) is 123 Å². The predicted molar refractivity (Wildman–Crippen MR) is 154 cm³/mol. The van der Waals surface area contributed by atoms with Gasteiger partial charge in [0.05, 0.1) is 0 Å². The van der Waals surface area contributed by atoms with E-state index in [0.717, 1.165) is 12.8 Å². The van der Waals surface area contributed by atoms with E-state index in [1.807, 2.05) is 0 Å². The van der Waals surface area contributed by atoms with Crippen LogP contribution in [0.15, 0.2) is 109 Å². The van der Waals surface area contributed by atoms with Crippen LogP contribution in [-0.4, -0.2) is 10.5 Å². The third-order valence-electron chi connectivity index (χ3n) is 6.07. The average molecular weight is 484 g/mol. The molecule has 0 spiro atoms. The molecule has 2 unspecified atom stereocenters. The summed E-state index contributed by atoms with van der Waals surface area (Å²) in [4.78, 5) is 0. The maximum atomic E-state index is 2.86. The smallest absolute Gasteiger partial charge is 0.0328 e. The highest BCUT2D eigenvalue weighted by molar-refractivity contribution is 7.84. The van der Waals surface area contributed by atoms with E-state index in [1.165, 1.54) is 32.3 Å². The van der Waals surface area contributed by atoms with Crippen molar-refractivity contribution >= 4 is 37.4 Å². The van der Waals surface area contributed by atoms with Gasteiger partial charge in [0.15, 0.2) is 0 Å². The molecule has 0 bridgehead atoms. The summed E-state index contributed by atoms with van der Waals surface area (Å²) in [7, 11) is -1.44. The molecule has 0 saturated carbocycles. The Morgan fingerprint density at radius 1 is 0.529 bits per heavy atom. The van der Waals surface area contributed by atoms with Crippen LogP contribution >= 0.6 is 16.1 Å². The zero-order chi connectivity index (χ0) is 23.9. The van der Waals surface area contributed by atoms with Gasteiger partial charge in [0.25, 0.3) is 0 Å². The van der Waals surface area contributed by atoms with E-state index in [0.29, 0.717) is 6.04 Å². The molecule has 0 amide bonds. The molecule has 0 heterocycles. The summed E-state index contributed by atoms with van der Waals surface area (Å²) >= 11 is 0. The van der Waals surface area contributed by atoms with Crippen molar-refractivity contribution in [1.82, 2.24) is 4.44 Å². The number of nitrogens with zero attached hydrogens (tertiary/aromatic N) is 1. The molecule has 4 rings (SSSR count). The van der Waals surface area contributed by atoms with Crippen molar-refractivity contribution in [2.24, 2.45) is 0 Å². The Morgan fingerprint density at radius 2 is 0.882 bits per heavy atom. The van der Waals surface area contributed by atoms with Crippen LogP contribution in [0.5, 0.6) is 0 Å². The lowest BCUT2D eigenvalue weighted by atomic mass is 10.2. The third kappa shape index (κ3) is 5.34. The minimum atomic E-state index is -0.722. The zero-order valence-corrected chi connectivity index (χ0v) is 22.5. The monoisotopic (exact) mass is 483 g/mol. The van der Waals surface area contributed by atoms with Crippen LogP contribution in [0, 0.1) is 0 Å². The molecule has 2 atom stereocenters. The van der Waals surface area contributed by atoms with Gasteiger partial charge in [-0.3, -0.25) is 0 Å². The first kappa shape index (κ1) is 24.8. The lowest BCUT2D eigenvalue weighted by Crippen LogP contribution is -2.37. The number of hydrogen-bond acceptors (Lipinski definition) is 1. The molecule has 0 aliphatic heterocycles. The number of aryl methyl sites for hydroxylation is 2. The Morgan fingerprint density at radius 3 is 1.24 bits per heavy atom. The molecule has 4 aromatic carbocycles. The molecule has 34 heavy (non-hydrogen) atoms. The molecule has 0 aliphatic carbocycles. The molecule has 0 aliphatic rings. The van der Waals surface area contributed by atoms with E-state index in [1.54, 1.807) is 0 Å². The summed E-state index contributed by atoms with van der Waals surface area (Å²) in [6, 6.07) is 41.0. The fourth-order valence-corrected chi connectivity index (χ4v) is 11.1. The first-order valence-electron chi connectivity index (χ1n) is 12.3. The Bertz CT molecular complexity index is 1080. The van der Waals surface area contributed by atoms with E-state index < -0.39 is 16.1 Å². The van der Waals surface area contributed by atoms with Crippen LogP contribution in [0.3, 0.4) is 0 Å². The molecule has 0 aromatic heterocycles. The van der Waals surface area contributed by atoms with Crippen molar-refractivity contribution in [1.29, 1.82) is 0 Å². The summed E-state index contributed by atoms with van der Waals surface area (Å²) < 4.78 is 2.86. The van der Waals surface area contributed by atoms with Crippen molar-refractivity contribution in [2.75, 3.05) is 0 Å². The van der Waals surface area contributed by atoms with Crippen LogP contribution in [0.25, 0.3) is 0 Å². The van der Waals surface area contributed by atoms with Gasteiger partial charge in [-0.15, -0.1) is 0 Å². The van der Waals surface area contributed by atoms with Gasteiger partial charge < -0.3 is 0 Å². The fraction of sp³-hybridized carbons (Fsp3) is 0.226. The maximum absolute atomic E-state index is 2.86. The third-order valence-corrected chi connectivity index (χ3v) is 12.3. The zero-order valence-electron chi connectivity index (χ0n) is 20.7. The summed E-state index contributed by atoms with van der Waals surface area (Å²) in [5.41, 5.74) is 2.91. The van der Waals surface area contributed by atoms with E-state index in [4.69, 9.17) is 0 Å². The van der Waals surface area contributed by atoms with Crippen molar-refractivity contribution in [3.05, 3.63) is 120 Å². The number of benzene rings is 4. The molecule has 174 valence electrons. The quantitative estimate of drug-likeness (QED) is 0.234. The topological polar surface area (TPSA) is 3.24 Å². The van der Waals surface area contributed by atoms with Crippen molar-refractivity contribution in [3.63, 3.8) is 0 Å². The van der Waals surface area contributed by atoms with Crippen molar-refractivity contribution in [2.45, 2.75) is 46.6 Å². The van der Waals surface area contributed by atoms with E-state index >= 15 is 0 Å². The predicted octanol–water partition coefficient (Wildman–Crippen LogP) is 6.92. The molecule has 4 aromatic rings. The highest BCUT2D eigenvalue weighted by Crippen LogP contribution is 2.56. The van der Waals surface area contributed by atoms with Crippen LogP contribution < -0.4 is 21.2 Å². The molecule has 0 saturated heterocycles. The second-order valence-electron chi connectivity index (χ2n) is 8.67. The van der Waals surface area contributed by atoms with Gasteiger partial charge in [-0.25, -0.2) is 4.44 Å². The Hall–Kier alpha value is -2.30. The van der Waals surface area contributed by atoms with Gasteiger partial charge in [0, 0.05) is 22.2 Å². The molecular formula is C31H35NP2. The fourth-order valence-electron chi connectivity index (χ4n) is 4.46. The van der Waals surface area contributed by atoms with Gasteiger partial charge in [0.1, 0.15) is 0 Å². The standard InChI is InChI=1S/C31H35NP2/c1-5-26-17-13-15-23-30(26)33(28-19-9-7-10-20-28)32(25(3)4)34(29-21-11-8-12-22-29)31-24-16-14-18-27(31)6-2/h7-25H,5-6H2,1-4H3. The lowest BCUT2D eigenvalue weighted by Gasteiger charge is -2.42. The van der Waals surface area contributed by atoms with Gasteiger partial charge in [-0.05, 0) is 59.0 Å². The summed E-state index contributed by atoms with van der Waals surface area (Å²) in [6.07, 6.45) is 2.09. The summed E-state index contributed by atoms with van der Waals surface area (Å²) in [5, 5.41) is 5.81. The largest absolute Gasteiger partial charge is 0.242 e. The molecule has 3 heteroatoms. The lowest BCUT2D eigenvalue weighted by molar-refractivity contribution is 0.583. The Balaban J connectivity index is 2.00. The van der Waals surface area contributed by atoms with Gasteiger partial charge in [0.2, 0.25) is 0 Å². The van der Waals surface area contributed by atoms with Crippen LogP contribution in [0.4, 0.5) is 0 Å². The number of hydrogen-bond donors (Lipinski definition) is 0. The highest BCUT2D eigenvalue weighted by Gasteiger charge is 2.35. The van der Waals surface area contributed by atoms with Gasteiger partial charge in [-0.2, -0.15) is 0 Å². The first-order valence-corrected chi connectivity index (χ1v) is 14.9. The van der Waals surface area contributed by atoms with E-state index in [2.05, 4.69) is 141 Å². The van der Waals surface area contributed by atoms with E-state index in [9.17, 15) is 0 Å². The maximum Gasteiger partial charge on any atom is 0.0328 e. The van der Waals surface area contributed by atoms with Crippen molar-refractivity contribution in [3.8, 4) is 0 Å². The normalized spacial score (nSPS) is 13.2. The molecule has 0 fully saturated rings. The van der Waals surface area contributed by atoms with Gasteiger partial charge >= 0.3 is 0 Å². The second kappa shape index (κ2) is 11.9. The first-order chi connectivity index (χ1) is 16.7. The molecule has 1 nitrogen and oxygen atoms in total. The van der Waals surface area contributed by atoms with Crippen LogP contribution in [0.2, 0.25) is 0 Å². The SMILES string of the molecule is CCc1ccccc1P(c1ccccc1)N(C(C)C)P(c1ccccc1)c1ccccc1CC. The Kier molecular flexibility index (Phi) is 8.69. The van der Waals surface area contributed by atoms with Crippen LogP contribution in [-0.2, 0) is 12.8 Å². The second-order valence-corrected chi connectivity index (χ2v) is 13.1. The number of rotatable bonds is 9. The van der Waals surface area contributed by atoms with Crippen LogP contribution in [0.1, 0.15) is 38.8 Å².